The van der Waals surface area contributed by atoms with Crippen molar-refractivity contribution in [1.29, 1.82) is 0 Å². The standard InChI is InChI=1S/C8H6N6/c9-7-5-1-2-10-3-6(5)14-4-11-13-8(14)12-7/h1-4H,(H2,9,12,13). The number of aromatic nitrogens is 5. The Morgan fingerprint density at radius 1 is 1.36 bits per heavy atom. The summed E-state index contributed by atoms with van der Waals surface area (Å²) in [6.45, 7) is 0. The van der Waals surface area contributed by atoms with Crippen LogP contribution in [0.15, 0.2) is 24.8 Å². The first-order valence-electron chi connectivity index (χ1n) is 4.05. The van der Waals surface area contributed by atoms with E-state index in [1.807, 2.05) is 6.07 Å². The molecule has 0 atom stereocenters. The van der Waals surface area contributed by atoms with E-state index in [9.17, 15) is 0 Å². The average molecular weight is 186 g/mol. The molecule has 3 rings (SSSR count). The fourth-order valence-electron chi connectivity index (χ4n) is 1.44. The summed E-state index contributed by atoms with van der Waals surface area (Å²) >= 11 is 0. The van der Waals surface area contributed by atoms with Gasteiger partial charge in [0.25, 0.3) is 5.78 Å². The van der Waals surface area contributed by atoms with Crippen LogP contribution in [0.5, 0.6) is 0 Å². The Morgan fingerprint density at radius 2 is 2.29 bits per heavy atom. The van der Waals surface area contributed by atoms with Gasteiger partial charge in [0.05, 0.1) is 11.7 Å². The van der Waals surface area contributed by atoms with Crippen molar-refractivity contribution >= 4 is 22.5 Å². The molecule has 0 saturated carbocycles. The number of nitrogens with zero attached hydrogens (tertiary/aromatic N) is 5. The SMILES string of the molecule is Nc1nc2nncn2c2cnccc12. The van der Waals surface area contributed by atoms with Gasteiger partial charge in [-0.05, 0) is 6.07 Å². The molecule has 0 aliphatic carbocycles. The highest BCUT2D eigenvalue weighted by Crippen LogP contribution is 2.17. The summed E-state index contributed by atoms with van der Waals surface area (Å²) < 4.78 is 1.75. The molecule has 3 aromatic rings. The maximum absolute atomic E-state index is 5.76. The summed E-state index contributed by atoms with van der Waals surface area (Å²) in [7, 11) is 0. The zero-order chi connectivity index (χ0) is 9.54. The zero-order valence-corrected chi connectivity index (χ0v) is 7.12. The Kier molecular flexibility index (Phi) is 1.22. The average Bonchev–Trinajstić information content (AvgIpc) is 2.66. The summed E-state index contributed by atoms with van der Waals surface area (Å²) in [6.07, 6.45) is 4.98. The van der Waals surface area contributed by atoms with Gasteiger partial charge in [-0.2, -0.15) is 4.98 Å². The molecule has 0 aliphatic rings. The molecule has 6 heteroatoms. The second-order valence-electron chi connectivity index (χ2n) is 2.89. The second kappa shape index (κ2) is 2.38. The maximum atomic E-state index is 5.76. The van der Waals surface area contributed by atoms with Gasteiger partial charge in [0, 0.05) is 11.6 Å². The van der Waals surface area contributed by atoms with Crippen LogP contribution in [0.3, 0.4) is 0 Å². The quantitative estimate of drug-likeness (QED) is 0.544. The van der Waals surface area contributed by atoms with Crippen LogP contribution in [-0.4, -0.2) is 24.6 Å². The van der Waals surface area contributed by atoms with E-state index in [1.54, 1.807) is 23.1 Å². The van der Waals surface area contributed by atoms with E-state index in [1.165, 1.54) is 0 Å². The molecule has 68 valence electrons. The molecule has 3 heterocycles. The Balaban J connectivity index is 2.67. The van der Waals surface area contributed by atoms with Gasteiger partial charge in [-0.15, -0.1) is 10.2 Å². The van der Waals surface area contributed by atoms with E-state index in [-0.39, 0.29) is 0 Å². The molecule has 0 saturated heterocycles. The number of nitrogen functional groups attached to an aromatic ring is 1. The molecule has 0 fully saturated rings. The molecule has 0 aliphatic heterocycles. The number of pyridine rings is 1. The fourth-order valence-corrected chi connectivity index (χ4v) is 1.44. The van der Waals surface area contributed by atoms with E-state index in [2.05, 4.69) is 20.2 Å². The number of fused-ring (bicyclic) bond motifs is 3. The van der Waals surface area contributed by atoms with E-state index >= 15 is 0 Å². The highest BCUT2D eigenvalue weighted by atomic mass is 15.3. The molecule has 0 amide bonds. The molecule has 0 aromatic carbocycles. The van der Waals surface area contributed by atoms with Gasteiger partial charge >= 0.3 is 0 Å². The first kappa shape index (κ1) is 7.19. The van der Waals surface area contributed by atoms with Crippen LogP contribution >= 0.6 is 0 Å². The lowest BCUT2D eigenvalue weighted by Crippen LogP contribution is -1.98. The molecule has 6 nitrogen and oxygen atoms in total. The van der Waals surface area contributed by atoms with Crippen molar-refractivity contribution in [2.24, 2.45) is 0 Å². The Morgan fingerprint density at radius 3 is 3.21 bits per heavy atom. The smallest absolute Gasteiger partial charge is 0.257 e. The largest absolute Gasteiger partial charge is 0.383 e. The molecule has 0 spiro atoms. The molecule has 3 aromatic heterocycles. The molecular weight excluding hydrogens is 180 g/mol. The number of anilines is 1. The van der Waals surface area contributed by atoms with Crippen LogP contribution in [0.4, 0.5) is 5.82 Å². The van der Waals surface area contributed by atoms with Crippen LogP contribution in [0, 0.1) is 0 Å². The van der Waals surface area contributed by atoms with Gasteiger partial charge in [-0.1, -0.05) is 0 Å². The lowest BCUT2D eigenvalue weighted by Gasteiger charge is -2.01. The van der Waals surface area contributed by atoms with Crippen LogP contribution < -0.4 is 5.73 Å². The van der Waals surface area contributed by atoms with Crippen LogP contribution in [-0.2, 0) is 0 Å². The number of hydrogen-bond acceptors (Lipinski definition) is 5. The summed E-state index contributed by atoms with van der Waals surface area (Å²) in [4.78, 5) is 8.13. The molecule has 0 unspecified atom stereocenters. The lowest BCUT2D eigenvalue weighted by molar-refractivity contribution is 1.10. The Bertz CT molecular complexity index is 613. The molecular formula is C8H6N6. The molecule has 0 bridgehead atoms. The minimum atomic E-state index is 0.447. The summed E-state index contributed by atoms with van der Waals surface area (Å²) in [5, 5.41) is 8.44. The number of nitrogens with two attached hydrogens (primary N) is 1. The monoisotopic (exact) mass is 186 g/mol. The van der Waals surface area contributed by atoms with Crippen molar-refractivity contribution in [2.45, 2.75) is 0 Å². The van der Waals surface area contributed by atoms with Crippen molar-refractivity contribution in [3.8, 4) is 0 Å². The van der Waals surface area contributed by atoms with Gasteiger partial charge in [0.2, 0.25) is 0 Å². The highest BCUT2D eigenvalue weighted by Gasteiger charge is 2.05. The second-order valence-corrected chi connectivity index (χ2v) is 2.89. The van der Waals surface area contributed by atoms with Crippen LogP contribution in [0.25, 0.3) is 16.7 Å². The van der Waals surface area contributed by atoms with Gasteiger partial charge in [0.1, 0.15) is 12.1 Å². The van der Waals surface area contributed by atoms with Crippen LogP contribution in [0.1, 0.15) is 0 Å². The summed E-state index contributed by atoms with van der Waals surface area (Å²) in [5.74, 6) is 0.936. The van der Waals surface area contributed by atoms with Crippen molar-refractivity contribution in [2.75, 3.05) is 5.73 Å². The van der Waals surface area contributed by atoms with Gasteiger partial charge in [0.15, 0.2) is 0 Å². The minimum absolute atomic E-state index is 0.447. The summed E-state index contributed by atoms with van der Waals surface area (Å²) in [6, 6.07) is 1.82. The van der Waals surface area contributed by atoms with E-state index < -0.39 is 0 Å². The van der Waals surface area contributed by atoms with E-state index in [4.69, 9.17) is 5.73 Å². The first-order chi connectivity index (χ1) is 6.86. The third-order valence-corrected chi connectivity index (χ3v) is 2.09. The van der Waals surface area contributed by atoms with Crippen LogP contribution in [0.2, 0.25) is 0 Å². The predicted octanol–water partition coefficient (Wildman–Crippen LogP) is 0.255. The molecule has 0 radical (unpaired) electrons. The maximum Gasteiger partial charge on any atom is 0.257 e. The Hall–Kier alpha value is -2.24. The van der Waals surface area contributed by atoms with Crippen molar-refractivity contribution in [3.05, 3.63) is 24.8 Å². The highest BCUT2D eigenvalue weighted by molar-refractivity contribution is 5.89. The number of hydrogen-bond donors (Lipinski definition) is 1. The normalized spacial score (nSPS) is 11.1. The lowest BCUT2D eigenvalue weighted by atomic mass is 10.3. The van der Waals surface area contributed by atoms with Crippen molar-refractivity contribution in [1.82, 2.24) is 24.6 Å². The van der Waals surface area contributed by atoms with Gasteiger partial charge in [-0.25, -0.2) is 0 Å². The van der Waals surface area contributed by atoms with Gasteiger partial charge < -0.3 is 5.73 Å². The predicted molar refractivity (Wildman–Crippen MR) is 50.5 cm³/mol. The minimum Gasteiger partial charge on any atom is -0.383 e. The molecule has 14 heavy (non-hydrogen) atoms. The van der Waals surface area contributed by atoms with Gasteiger partial charge in [-0.3, -0.25) is 9.38 Å². The van der Waals surface area contributed by atoms with E-state index in [0.29, 0.717) is 11.6 Å². The Labute approximate surface area is 78.4 Å². The fraction of sp³-hybridized carbons (Fsp3) is 0. The zero-order valence-electron chi connectivity index (χ0n) is 7.12. The van der Waals surface area contributed by atoms with Crippen molar-refractivity contribution < 1.29 is 0 Å². The van der Waals surface area contributed by atoms with Crippen molar-refractivity contribution in [3.63, 3.8) is 0 Å². The summed E-state index contributed by atoms with van der Waals surface area (Å²) in [5.41, 5.74) is 6.62. The van der Waals surface area contributed by atoms with E-state index in [0.717, 1.165) is 10.9 Å². The first-order valence-corrected chi connectivity index (χ1v) is 4.05. The topological polar surface area (TPSA) is 82.0 Å². The third kappa shape index (κ3) is 0.792. The number of rotatable bonds is 0. The third-order valence-electron chi connectivity index (χ3n) is 2.09. The molecule has 2 N–H and O–H groups in total.